The Balaban J connectivity index is 1.51. The Morgan fingerprint density at radius 2 is 1.92 bits per heavy atom. The minimum Gasteiger partial charge on any atom is -0.290 e. The van der Waals surface area contributed by atoms with Gasteiger partial charge in [-0.15, -0.1) is 0 Å². The largest absolute Gasteiger partial charge is 0.290 e. The molecule has 4 heteroatoms. The van der Waals surface area contributed by atoms with Gasteiger partial charge in [0.15, 0.2) is 0 Å². The minimum atomic E-state index is 0.413. The summed E-state index contributed by atoms with van der Waals surface area (Å²) in [6.45, 7) is 2.08. The first kappa shape index (κ1) is 16.0. The maximum Gasteiger partial charge on any atom is 0.0578 e. The molecule has 0 saturated carbocycles. The quantitative estimate of drug-likeness (QED) is 0.714. The number of likely N-dealkylation sites (tertiary alicyclic amines) is 1. The molecule has 1 aliphatic rings. The monoisotopic (exact) mass is 332 g/mol. The fourth-order valence-corrected chi connectivity index (χ4v) is 3.73. The van der Waals surface area contributed by atoms with Crippen LogP contribution in [0.4, 0.5) is 0 Å². The van der Waals surface area contributed by atoms with Crippen molar-refractivity contribution in [1.82, 2.24) is 19.7 Å². The maximum absolute atomic E-state index is 4.98. The van der Waals surface area contributed by atoms with Gasteiger partial charge >= 0.3 is 0 Å². The number of rotatable bonds is 5. The van der Waals surface area contributed by atoms with Crippen LogP contribution in [0.2, 0.25) is 0 Å². The van der Waals surface area contributed by atoms with Crippen molar-refractivity contribution in [1.29, 1.82) is 0 Å². The van der Waals surface area contributed by atoms with E-state index in [2.05, 4.69) is 64.7 Å². The molecule has 128 valence electrons. The smallest absolute Gasteiger partial charge is 0.0578 e. The summed E-state index contributed by atoms with van der Waals surface area (Å²) in [6, 6.07) is 17.5. The zero-order chi connectivity index (χ0) is 17.1. The average molecular weight is 332 g/mol. The number of benzene rings is 1. The molecule has 1 atom stereocenters. The van der Waals surface area contributed by atoms with Crippen molar-refractivity contribution in [3.8, 4) is 0 Å². The number of nitrogens with zero attached hydrogens (tertiary/aromatic N) is 4. The fraction of sp³-hybridized carbons (Fsp3) is 0.333. The first-order valence-corrected chi connectivity index (χ1v) is 8.99. The molecule has 0 radical (unpaired) electrons. The van der Waals surface area contributed by atoms with Gasteiger partial charge in [-0.1, -0.05) is 36.4 Å². The molecule has 4 nitrogen and oxygen atoms in total. The third kappa shape index (κ3) is 3.80. The molecule has 0 aliphatic carbocycles. The molecule has 1 aliphatic heterocycles. The highest BCUT2D eigenvalue weighted by molar-refractivity contribution is 5.24. The Morgan fingerprint density at radius 1 is 1.04 bits per heavy atom. The highest BCUT2D eigenvalue weighted by atomic mass is 15.2. The van der Waals surface area contributed by atoms with E-state index in [4.69, 9.17) is 4.98 Å². The second kappa shape index (κ2) is 7.19. The van der Waals surface area contributed by atoms with Crippen LogP contribution in [0.5, 0.6) is 0 Å². The fourth-order valence-electron chi connectivity index (χ4n) is 3.73. The predicted molar refractivity (Wildman–Crippen MR) is 99.1 cm³/mol. The second-order valence-electron chi connectivity index (χ2n) is 6.87. The summed E-state index contributed by atoms with van der Waals surface area (Å²) in [6.07, 6.45) is 7.38. The lowest BCUT2D eigenvalue weighted by Gasteiger charge is -2.23. The Labute approximate surface area is 149 Å². The first-order valence-electron chi connectivity index (χ1n) is 8.99. The minimum absolute atomic E-state index is 0.413. The van der Waals surface area contributed by atoms with E-state index in [-0.39, 0.29) is 0 Å². The van der Waals surface area contributed by atoms with E-state index >= 15 is 0 Å². The molecule has 25 heavy (non-hydrogen) atoms. The summed E-state index contributed by atoms with van der Waals surface area (Å²) in [4.78, 5) is 7.52. The molecule has 0 bridgehead atoms. The van der Waals surface area contributed by atoms with Crippen molar-refractivity contribution >= 4 is 0 Å². The van der Waals surface area contributed by atoms with Crippen LogP contribution in [0.25, 0.3) is 0 Å². The van der Waals surface area contributed by atoms with Gasteiger partial charge in [0.05, 0.1) is 17.9 Å². The highest BCUT2D eigenvalue weighted by Crippen LogP contribution is 2.32. The zero-order valence-electron chi connectivity index (χ0n) is 14.7. The SMILES string of the molecule is Cn1cc(CN2CCC[C@H]2c2cccc(Cc3ccccc3)n2)cn1. The molecule has 0 spiro atoms. The molecular formula is C21H24N4. The lowest BCUT2D eigenvalue weighted by atomic mass is 10.1. The van der Waals surface area contributed by atoms with E-state index in [0.29, 0.717) is 6.04 Å². The van der Waals surface area contributed by atoms with Crippen LogP contribution in [0.1, 0.15) is 41.4 Å². The Morgan fingerprint density at radius 3 is 2.72 bits per heavy atom. The van der Waals surface area contributed by atoms with E-state index in [1.807, 2.05) is 17.9 Å². The van der Waals surface area contributed by atoms with Crippen LogP contribution in [-0.2, 0) is 20.0 Å². The van der Waals surface area contributed by atoms with E-state index in [9.17, 15) is 0 Å². The van der Waals surface area contributed by atoms with E-state index < -0.39 is 0 Å². The van der Waals surface area contributed by atoms with Crippen LogP contribution in [0, 0.1) is 0 Å². The predicted octanol–water partition coefficient (Wildman–Crippen LogP) is 3.74. The van der Waals surface area contributed by atoms with Gasteiger partial charge in [-0.3, -0.25) is 14.6 Å². The van der Waals surface area contributed by atoms with Gasteiger partial charge in [0, 0.05) is 37.5 Å². The van der Waals surface area contributed by atoms with Gasteiger partial charge in [0.1, 0.15) is 0 Å². The van der Waals surface area contributed by atoms with Crippen LogP contribution < -0.4 is 0 Å². The normalized spacial score (nSPS) is 17.9. The van der Waals surface area contributed by atoms with E-state index in [1.165, 1.54) is 29.7 Å². The van der Waals surface area contributed by atoms with E-state index in [1.54, 1.807) is 0 Å². The van der Waals surface area contributed by atoms with Gasteiger partial charge < -0.3 is 0 Å². The summed E-state index contributed by atoms with van der Waals surface area (Å²) in [5, 5.41) is 4.29. The Hall–Kier alpha value is -2.46. The van der Waals surface area contributed by atoms with Gasteiger partial charge in [-0.25, -0.2) is 0 Å². The summed E-state index contributed by atoms with van der Waals surface area (Å²) < 4.78 is 1.87. The molecular weight excluding hydrogens is 308 g/mol. The number of aryl methyl sites for hydroxylation is 1. The van der Waals surface area contributed by atoms with Crippen LogP contribution in [-0.4, -0.2) is 26.2 Å². The number of aromatic nitrogens is 3. The summed E-state index contributed by atoms with van der Waals surface area (Å²) >= 11 is 0. The molecule has 4 rings (SSSR count). The molecule has 0 N–H and O–H groups in total. The lowest BCUT2D eigenvalue weighted by Crippen LogP contribution is -2.23. The number of hydrogen-bond acceptors (Lipinski definition) is 3. The van der Waals surface area contributed by atoms with Crippen molar-refractivity contribution < 1.29 is 0 Å². The molecule has 1 fully saturated rings. The first-order chi connectivity index (χ1) is 12.3. The Bertz CT molecular complexity index is 825. The average Bonchev–Trinajstić information content (AvgIpc) is 3.25. The Kier molecular flexibility index (Phi) is 4.61. The van der Waals surface area contributed by atoms with Crippen LogP contribution in [0.3, 0.4) is 0 Å². The molecule has 1 saturated heterocycles. The van der Waals surface area contributed by atoms with E-state index in [0.717, 1.165) is 25.2 Å². The van der Waals surface area contributed by atoms with Crippen LogP contribution >= 0.6 is 0 Å². The van der Waals surface area contributed by atoms with Gasteiger partial charge in [-0.2, -0.15) is 5.10 Å². The molecule has 1 aromatic carbocycles. The molecule has 0 unspecified atom stereocenters. The lowest BCUT2D eigenvalue weighted by molar-refractivity contribution is 0.244. The van der Waals surface area contributed by atoms with Gasteiger partial charge in [0.2, 0.25) is 0 Å². The van der Waals surface area contributed by atoms with Crippen molar-refractivity contribution in [2.45, 2.75) is 31.8 Å². The van der Waals surface area contributed by atoms with Crippen molar-refractivity contribution in [2.75, 3.05) is 6.54 Å². The maximum atomic E-state index is 4.98. The molecule has 0 amide bonds. The molecule has 3 heterocycles. The number of pyridine rings is 1. The second-order valence-corrected chi connectivity index (χ2v) is 6.87. The van der Waals surface area contributed by atoms with Gasteiger partial charge in [0.25, 0.3) is 0 Å². The van der Waals surface area contributed by atoms with Crippen molar-refractivity contribution in [3.63, 3.8) is 0 Å². The van der Waals surface area contributed by atoms with Crippen LogP contribution in [0.15, 0.2) is 60.9 Å². The topological polar surface area (TPSA) is 34.0 Å². The highest BCUT2D eigenvalue weighted by Gasteiger charge is 2.27. The third-order valence-corrected chi connectivity index (χ3v) is 4.91. The zero-order valence-corrected chi connectivity index (χ0v) is 14.7. The number of hydrogen-bond donors (Lipinski definition) is 0. The summed E-state index contributed by atoms with van der Waals surface area (Å²) in [5.74, 6) is 0. The van der Waals surface area contributed by atoms with Crippen molar-refractivity contribution in [2.24, 2.45) is 7.05 Å². The summed E-state index contributed by atoms with van der Waals surface area (Å²) in [7, 11) is 1.97. The molecule has 2 aromatic heterocycles. The standard InChI is InChI=1S/C21H24N4/c1-24-15-18(14-22-24)16-25-12-6-11-21(25)20-10-5-9-19(23-20)13-17-7-3-2-4-8-17/h2-5,7-10,14-15,21H,6,11-13,16H2,1H3/t21-/m0/s1. The molecule has 3 aromatic rings. The van der Waals surface area contributed by atoms with Crippen molar-refractivity contribution in [3.05, 3.63) is 83.4 Å². The summed E-state index contributed by atoms with van der Waals surface area (Å²) in [5.41, 5.74) is 4.94. The third-order valence-electron chi connectivity index (χ3n) is 4.91. The van der Waals surface area contributed by atoms with Gasteiger partial charge in [-0.05, 0) is 37.1 Å².